The second-order valence-corrected chi connectivity index (χ2v) is 7.79. The van der Waals surface area contributed by atoms with Gasteiger partial charge in [-0.15, -0.1) is 0 Å². The Morgan fingerprint density at radius 2 is 1.50 bits per heavy atom. The summed E-state index contributed by atoms with van der Waals surface area (Å²) >= 11 is 0. The Labute approximate surface area is 160 Å². The number of unbranched alkanes of at least 4 members (excludes halogenated alkanes) is 10. The number of hydrogen-bond donors (Lipinski definition) is 3. The predicted molar refractivity (Wildman–Crippen MR) is 108 cm³/mol. The molecule has 2 unspecified atom stereocenters. The van der Waals surface area contributed by atoms with E-state index in [0.717, 1.165) is 38.6 Å². The molecule has 1 saturated heterocycles. The summed E-state index contributed by atoms with van der Waals surface area (Å²) in [6.45, 7) is 5.11. The maximum atomic E-state index is 11.8. The Balaban J connectivity index is 1.82. The van der Waals surface area contributed by atoms with Crippen molar-refractivity contribution in [2.45, 2.75) is 116 Å². The highest BCUT2D eigenvalue weighted by Crippen LogP contribution is 2.12. The Hall–Kier alpha value is -1.26. The second kappa shape index (κ2) is 14.9. The van der Waals surface area contributed by atoms with Crippen LogP contribution in [0.15, 0.2) is 0 Å². The van der Waals surface area contributed by atoms with E-state index in [1.165, 1.54) is 51.4 Å². The molecule has 1 fully saturated rings. The lowest BCUT2D eigenvalue weighted by Crippen LogP contribution is -2.30. The number of hydrogen-bond acceptors (Lipinski definition) is 2. The summed E-state index contributed by atoms with van der Waals surface area (Å²) in [5.74, 6) is 0.189. The van der Waals surface area contributed by atoms with Gasteiger partial charge in [-0.3, -0.25) is 4.79 Å². The molecular formula is C21H41N3O2. The average molecular weight is 368 g/mol. The van der Waals surface area contributed by atoms with Crippen molar-refractivity contribution in [2.24, 2.45) is 0 Å². The van der Waals surface area contributed by atoms with Crippen molar-refractivity contribution >= 4 is 11.9 Å². The van der Waals surface area contributed by atoms with Crippen LogP contribution in [0, 0.1) is 0 Å². The van der Waals surface area contributed by atoms with Gasteiger partial charge in [0.15, 0.2) is 0 Å². The lowest BCUT2D eigenvalue weighted by atomic mass is 10.0. The van der Waals surface area contributed by atoms with Gasteiger partial charge >= 0.3 is 6.03 Å². The molecule has 5 nitrogen and oxygen atoms in total. The standard InChI is InChI=1S/C21H41N3O2/c1-3-4-5-6-7-8-9-10-14-17-22-20(25)16-13-11-12-15-19-18(2)23-21(26)24-19/h18-19H,3-17H2,1-2H3,(H,22,25)(H2,23,24,26). The minimum atomic E-state index is -0.0571. The summed E-state index contributed by atoms with van der Waals surface area (Å²) in [5, 5.41) is 8.84. The van der Waals surface area contributed by atoms with E-state index in [1.54, 1.807) is 0 Å². The topological polar surface area (TPSA) is 70.2 Å². The third-order valence-electron chi connectivity index (χ3n) is 5.30. The van der Waals surface area contributed by atoms with Crippen molar-refractivity contribution in [3.63, 3.8) is 0 Å². The highest BCUT2D eigenvalue weighted by Gasteiger charge is 2.26. The molecular weight excluding hydrogens is 326 g/mol. The first-order chi connectivity index (χ1) is 12.6. The minimum absolute atomic E-state index is 0.0571. The van der Waals surface area contributed by atoms with Gasteiger partial charge in [-0.2, -0.15) is 0 Å². The molecule has 1 rings (SSSR count). The molecule has 152 valence electrons. The molecule has 5 heteroatoms. The zero-order valence-electron chi connectivity index (χ0n) is 17.1. The largest absolute Gasteiger partial charge is 0.356 e. The number of carbonyl (C=O) groups is 2. The zero-order chi connectivity index (χ0) is 19.0. The summed E-state index contributed by atoms with van der Waals surface area (Å²) < 4.78 is 0. The number of carbonyl (C=O) groups excluding carboxylic acids is 2. The quantitative estimate of drug-likeness (QED) is 0.347. The molecule has 0 radical (unpaired) electrons. The molecule has 26 heavy (non-hydrogen) atoms. The second-order valence-electron chi connectivity index (χ2n) is 7.79. The smallest absolute Gasteiger partial charge is 0.315 e. The third kappa shape index (κ3) is 11.4. The van der Waals surface area contributed by atoms with Crippen molar-refractivity contribution in [3.05, 3.63) is 0 Å². The number of urea groups is 1. The normalized spacial score (nSPS) is 19.2. The summed E-state index contributed by atoms with van der Waals surface area (Å²) in [4.78, 5) is 23.0. The van der Waals surface area contributed by atoms with E-state index in [0.29, 0.717) is 6.42 Å². The highest BCUT2D eigenvalue weighted by atomic mass is 16.2. The Kier molecular flexibility index (Phi) is 13.0. The Morgan fingerprint density at radius 1 is 0.885 bits per heavy atom. The molecule has 1 heterocycles. The first kappa shape index (κ1) is 22.8. The van der Waals surface area contributed by atoms with Crippen LogP contribution >= 0.6 is 0 Å². The maximum Gasteiger partial charge on any atom is 0.315 e. The van der Waals surface area contributed by atoms with Crippen LogP contribution in [0.1, 0.15) is 104 Å². The molecule has 2 atom stereocenters. The zero-order valence-corrected chi connectivity index (χ0v) is 17.1. The van der Waals surface area contributed by atoms with Crippen LogP contribution in [0.4, 0.5) is 4.79 Å². The summed E-state index contributed by atoms with van der Waals surface area (Å²) in [5.41, 5.74) is 0. The number of amides is 3. The molecule has 1 aliphatic rings. The van der Waals surface area contributed by atoms with E-state index in [4.69, 9.17) is 0 Å². The average Bonchev–Trinajstić information content (AvgIpc) is 2.93. The van der Waals surface area contributed by atoms with Crippen LogP contribution < -0.4 is 16.0 Å². The first-order valence-corrected chi connectivity index (χ1v) is 11.0. The molecule has 3 N–H and O–H groups in total. The van der Waals surface area contributed by atoms with Crippen molar-refractivity contribution in [3.8, 4) is 0 Å². The SMILES string of the molecule is CCCCCCCCCCCNC(=O)CCCCCC1NC(=O)NC1C. The minimum Gasteiger partial charge on any atom is -0.356 e. The fraction of sp³-hybridized carbons (Fsp3) is 0.905. The van der Waals surface area contributed by atoms with Crippen LogP contribution in [0.3, 0.4) is 0 Å². The van der Waals surface area contributed by atoms with Gasteiger partial charge in [0.2, 0.25) is 5.91 Å². The molecule has 0 saturated carbocycles. The number of rotatable bonds is 16. The van der Waals surface area contributed by atoms with Gasteiger partial charge in [-0.05, 0) is 26.2 Å². The lowest BCUT2D eigenvalue weighted by Gasteiger charge is -2.13. The van der Waals surface area contributed by atoms with E-state index in [1.807, 2.05) is 6.92 Å². The fourth-order valence-corrected chi connectivity index (χ4v) is 3.54. The van der Waals surface area contributed by atoms with Crippen LogP contribution in [-0.2, 0) is 4.79 Å². The molecule has 0 aromatic rings. The van der Waals surface area contributed by atoms with Gasteiger partial charge in [0.05, 0.1) is 6.04 Å². The van der Waals surface area contributed by atoms with Gasteiger partial charge in [-0.1, -0.05) is 71.1 Å². The molecule has 1 aliphatic heterocycles. The van der Waals surface area contributed by atoms with Crippen molar-refractivity contribution < 1.29 is 9.59 Å². The molecule has 0 spiro atoms. The fourth-order valence-electron chi connectivity index (χ4n) is 3.54. The summed E-state index contributed by atoms with van der Waals surface area (Å²) in [6, 6.07) is 0.392. The lowest BCUT2D eigenvalue weighted by molar-refractivity contribution is -0.121. The van der Waals surface area contributed by atoms with Crippen LogP contribution in [0.25, 0.3) is 0 Å². The van der Waals surface area contributed by atoms with E-state index < -0.39 is 0 Å². The molecule has 0 bridgehead atoms. The van der Waals surface area contributed by atoms with E-state index in [9.17, 15) is 9.59 Å². The summed E-state index contributed by atoms with van der Waals surface area (Å²) in [6.07, 6.45) is 16.5. The van der Waals surface area contributed by atoms with Crippen molar-refractivity contribution in [2.75, 3.05) is 6.54 Å². The van der Waals surface area contributed by atoms with Crippen molar-refractivity contribution in [1.82, 2.24) is 16.0 Å². The Bertz CT molecular complexity index is 387. The molecule has 0 aromatic heterocycles. The molecule has 0 aliphatic carbocycles. The number of nitrogens with one attached hydrogen (secondary N) is 3. The van der Waals surface area contributed by atoms with Crippen LogP contribution in [-0.4, -0.2) is 30.6 Å². The third-order valence-corrected chi connectivity index (χ3v) is 5.30. The van der Waals surface area contributed by atoms with Gasteiger partial charge < -0.3 is 16.0 Å². The van der Waals surface area contributed by atoms with Gasteiger partial charge in [0.25, 0.3) is 0 Å². The first-order valence-electron chi connectivity index (χ1n) is 11.0. The van der Waals surface area contributed by atoms with Crippen LogP contribution in [0.2, 0.25) is 0 Å². The van der Waals surface area contributed by atoms with Crippen molar-refractivity contribution in [1.29, 1.82) is 0 Å². The molecule has 0 aromatic carbocycles. The predicted octanol–water partition coefficient (Wildman–Crippen LogP) is 4.65. The van der Waals surface area contributed by atoms with Gasteiger partial charge in [-0.25, -0.2) is 4.79 Å². The highest BCUT2D eigenvalue weighted by molar-refractivity contribution is 5.77. The Morgan fingerprint density at radius 3 is 2.12 bits per heavy atom. The summed E-state index contributed by atoms with van der Waals surface area (Å²) in [7, 11) is 0. The maximum absolute atomic E-state index is 11.8. The molecule has 3 amide bonds. The van der Waals surface area contributed by atoms with Gasteiger partial charge in [0.1, 0.15) is 0 Å². The van der Waals surface area contributed by atoms with Crippen LogP contribution in [0.5, 0.6) is 0 Å². The van der Waals surface area contributed by atoms with E-state index in [2.05, 4.69) is 22.9 Å². The van der Waals surface area contributed by atoms with E-state index >= 15 is 0 Å². The monoisotopic (exact) mass is 367 g/mol. The van der Waals surface area contributed by atoms with Gasteiger partial charge in [0, 0.05) is 19.0 Å². The van der Waals surface area contributed by atoms with E-state index in [-0.39, 0.29) is 24.0 Å².